The Labute approximate surface area is 288 Å². The number of nitrogens with two attached hydrogens (primary N) is 1. The number of amides is 1. The molecule has 17 heteroatoms. The van der Waals surface area contributed by atoms with Gasteiger partial charge in [-0.3, -0.25) is 24.0 Å². The highest BCUT2D eigenvalue weighted by molar-refractivity contribution is 7.96. The van der Waals surface area contributed by atoms with Gasteiger partial charge in [-0.25, -0.2) is 4.79 Å². The zero-order valence-corrected chi connectivity index (χ0v) is 28.6. The van der Waals surface area contributed by atoms with Crippen molar-refractivity contribution in [1.82, 2.24) is 0 Å². The van der Waals surface area contributed by atoms with E-state index < -0.39 is 54.6 Å². The molecule has 1 heterocycles. The Hall–Kier alpha value is -4.87. The molecule has 1 fully saturated rings. The van der Waals surface area contributed by atoms with E-state index in [2.05, 4.69) is 23.3 Å². The van der Waals surface area contributed by atoms with Crippen LogP contribution in [0.25, 0.3) is 0 Å². The van der Waals surface area contributed by atoms with Crippen molar-refractivity contribution in [3.63, 3.8) is 0 Å². The Morgan fingerprint density at radius 1 is 0.918 bits per heavy atom. The van der Waals surface area contributed by atoms with Gasteiger partial charge in [0.05, 0.1) is 12.1 Å². The smallest absolute Gasteiger partial charge is 0.463 e. The first-order chi connectivity index (χ1) is 23.2. The zero-order valence-electron chi connectivity index (χ0n) is 27.7. The second kappa shape index (κ2) is 20.5. The third kappa shape index (κ3) is 15.3. The first-order valence-electron chi connectivity index (χ1n) is 14.9. The van der Waals surface area contributed by atoms with Crippen LogP contribution >= 0.6 is 12.6 Å². The van der Waals surface area contributed by atoms with Crippen LogP contribution < -0.4 is 25.8 Å². The van der Waals surface area contributed by atoms with Crippen molar-refractivity contribution in [2.24, 2.45) is 5.73 Å². The van der Waals surface area contributed by atoms with Crippen molar-refractivity contribution in [2.45, 2.75) is 71.7 Å². The Kier molecular flexibility index (Phi) is 16.9. The van der Waals surface area contributed by atoms with Crippen molar-refractivity contribution in [1.29, 1.82) is 0 Å². The molecule has 2 aromatic carbocycles. The lowest BCUT2D eigenvalue weighted by Gasteiger charge is -2.40. The summed E-state index contributed by atoms with van der Waals surface area (Å²) in [5, 5.41) is 5.53. The summed E-state index contributed by atoms with van der Waals surface area (Å²) in [6, 6.07) is 11.3. The number of carbonyl (C=O) groups is 6. The summed E-state index contributed by atoms with van der Waals surface area (Å²) in [6.45, 7) is 4.54. The Balaban J connectivity index is 0.00000197. The number of hydrogen-bond donors (Lipinski definition) is 4. The van der Waals surface area contributed by atoms with Crippen LogP contribution in [0.15, 0.2) is 42.5 Å². The van der Waals surface area contributed by atoms with Crippen LogP contribution in [-0.2, 0) is 54.3 Å². The Bertz CT molecular complexity index is 1450. The van der Waals surface area contributed by atoms with Crippen molar-refractivity contribution in [3.05, 3.63) is 48.0 Å². The van der Waals surface area contributed by atoms with Gasteiger partial charge in [-0.15, -0.1) is 12.6 Å². The van der Waals surface area contributed by atoms with Gasteiger partial charge in [-0.2, -0.15) is 0 Å². The molecule has 0 aromatic heterocycles. The van der Waals surface area contributed by atoms with E-state index in [1.165, 1.54) is 39.8 Å². The molecule has 4 N–H and O–H groups in total. The summed E-state index contributed by atoms with van der Waals surface area (Å²) in [4.78, 5) is 69.2. The van der Waals surface area contributed by atoms with E-state index in [0.29, 0.717) is 11.3 Å². The topological polar surface area (TPSA) is 217 Å². The molecule has 0 aliphatic carbocycles. The van der Waals surface area contributed by atoms with Gasteiger partial charge in [0.15, 0.2) is 11.2 Å². The molecule has 0 spiro atoms. The molecule has 1 amide bonds. The number of carbonyl (C=O) groups excluding carboxylic acids is 6. The van der Waals surface area contributed by atoms with Crippen LogP contribution in [0.5, 0.6) is 11.5 Å². The summed E-state index contributed by atoms with van der Waals surface area (Å²) < 4.78 is 38.3. The van der Waals surface area contributed by atoms with E-state index in [0.717, 1.165) is 5.69 Å². The fraction of sp³-hybridized carbons (Fsp3) is 0.438. The predicted octanol–water partition coefficient (Wildman–Crippen LogP) is 3.11. The molecular formula is C32H41N3O13S. The highest BCUT2D eigenvalue weighted by Crippen LogP contribution is 2.33. The van der Waals surface area contributed by atoms with Crippen molar-refractivity contribution in [2.75, 3.05) is 30.8 Å². The number of ether oxygens (including phenoxy) is 7. The maximum atomic E-state index is 12.5. The first kappa shape index (κ1) is 40.3. The molecule has 268 valence electrons. The lowest BCUT2D eigenvalue weighted by molar-refractivity contribution is -0.245. The number of benzene rings is 2. The zero-order chi connectivity index (χ0) is 36.5. The summed E-state index contributed by atoms with van der Waals surface area (Å²) in [7, 11) is 1.76. The summed E-state index contributed by atoms with van der Waals surface area (Å²) in [6.07, 6.45) is -5.24. The van der Waals surface area contributed by atoms with Gasteiger partial charge < -0.3 is 49.5 Å². The molecule has 2 aromatic rings. The average molecular weight is 708 g/mol. The van der Waals surface area contributed by atoms with E-state index in [-0.39, 0.29) is 49.2 Å². The molecule has 0 radical (unpaired) electrons. The highest BCUT2D eigenvalue weighted by Gasteiger charge is 2.44. The lowest BCUT2D eigenvalue weighted by Crippen LogP contribution is -2.54. The fourth-order valence-corrected chi connectivity index (χ4v) is 4.28. The van der Waals surface area contributed by atoms with E-state index in [4.69, 9.17) is 38.9 Å². The van der Waals surface area contributed by atoms with Crippen LogP contribution in [-0.4, -0.2) is 79.9 Å². The molecule has 16 nitrogen and oxygen atoms in total. The minimum atomic E-state index is -1.10. The van der Waals surface area contributed by atoms with Crippen LogP contribution in [0.1, 0.15) is 46.1 Å². The molecule has 49 heavy (non-hydrogen) atoms. The average Bonchev–Trinajstić information content (AvgIpc) is 3.01. The van der Waals surface area contributed by atoms with Gasteiger partial charge in [0.1, 0.15) is 36.9 Å². The van der Waals surface area contributed by atoms with E-state index in [1.807, 2.05) is 0 Å². The molecule has 3 rings (SSSR count). The SMILES string of the molecule is CC(=O)S.CNc1ccc(OC(=O)OCc2ccc(OC3CC(OC(C)=O)C(OC(C)=O)C(COC(C)=O)O3)c(NC(=O)CCN)c2)cc1. The standard InChI is InChI=1S/C30H37N3O12.C2H4OS/c1-17(34)39-16-26-29(42-19(3)36)25(41-18(2)35)14-28(45-26)44-24-10-5-20(13-23(24)33-27(37)11-12-31)15-40-30(38)43-22-8-6-21(32-4)7-9-22;1-2(3)4/h5-10,13,25-26,28-29,32H,11-12,14-16,31H2,1-4H3,(H,33,37);1H3,(H,3,4). The maximum Gasteiger partial charge on any atom is 0.514 e. The predicted molar refractivity (Wildman–Crippen MR) is 177 cm³/mol. The molecule has 0 saturated carbocycles. The summed E-state index contributed by atoms with van der Waals surface area (Å²) >= 11 is 3.33. The Morgan fingerprint density at radius 2 is 1.57 bits per heavy atom. The molecule has 4 unspecified atom stereocenters. The molecule has 1 aliphatic rings. The van der Waals surface area contributed by atoms with Gasteiger partial charge in [-0.05, 0) is 42.0 Å². The molecule has 1 saturated heterocycles. The van der Waals surface area contributed by atoms with Gasteiger partial charge in [0.2, 0.25) is 12.2 Å². The van der Waals surface area contributed by atoms with Crippen molar-refractivity contribution < 1.29 is 61.9 Å². The number of nitrogens with one attached hydrogen (secondary N) is 2. The number of anilines is 2. The van der Waals surface area contributed by atoms with E-state index in [9.17, 15) is 28.8 Å². The quantitative estimate of drug-likeness (QED) is 0.102. The van der Waals surface area contributed by atoms with E-state index >= 15 is 0 Å². The van der Waals surface area contributed by atoms with Gasteiger partial charge in [-0.1, -0.05) is 6.07 Å². The monoisotopic (exact) mass is 707 g/mol. The first-order valence-corrected chi connectivity index (χ1v) is 15.4. The van der Waals surface area contributed by atoms with Crippen LogP contribution in [0.4, 0.5) is 16.2 Å². The second-order valence-corrected chi connectivity index (χ2v) is 11.0. The van der Waals surface area contributed by atoms with Crippen LogP contribution in [0, 0.1) is 0 Å². The number of thiol groups is 1. The minimum absolute atomic E-state index is 0.0157. The third-order valence-electron chi connectivity index (χ3n) is 6.20. The number of hydrogen-bond acceptors (Lipinski definition) is 15. The Morgan fingerprint density at radius 3 is 2.14 bits per heavy atom. The van der Waals surface area contributed by atoms with Crippen LogP contribution in [0.2, 0.25) is 0 Å². The third-order valence-corrected chi connectivity index (χ3v) is 6.20. The lowest BCUT2D eigenvalue weighted by atomic mass is 10.0. The van der Waals surface area contributed by atoms with Gasteiger partial charge >= 0.3 is 24.1 Å². The molecule has 1 aliphatic heterocycles. The summed E-state index contributed by atoms with van der Waals surface area (Å²) in [5.74, 6) is -1.87. The van der Waals surface area contributed by atoms with Crippen molar-refractivity contribution in [3.8, 4) is 11.5 Å². The fourth-order valence-electron chi connectivity index (χ4n) is 4.28. The van der Waals surface area contributed by atoms with Gasteiger partial charge in [0, 0.05) is 53.4 Å². The number of rotatable bonds is 13. The normalized spacial score (nSPS) is 17.9. The largest absolute Gasteiger partial charge is 0.514 e. The second-order valence-electron chi connectivity index (χ2n) is 10.3. The van der Waals surface area contributed by atoms with E-state index in [1.54, 1.807) is 37.4 Å². The minimum Gasteiger partial charge on any atom is -0.463 e. The highest BCUT2D eigenvalue weighted by atomic mass is 32.1. The molecule has 0 bridgehead atoms. The van der Waals surface area contributed by atoms with Crippen LogP contribution in [0.3, 0.4) is 0 Å². The molecule has 4 atom stereocenters. The summed E-state index contributed by atoms with van der Waals surface area (Å²) in [5.41, 5.74) is 7.06. The maximum absolute atomic E-state index is 12.5. The molecular weight excluding hydrogens is 666 g/mol. The number of esters is 3. The van der Waals surface area contributed by atoms with Gasteiger partial charge in [0.25, 0.3) is 0 Å². The van der Waals surface area contributed by atoms with Crippen molar-refractivity contribution >= 4 is 59.1 Å².